The van der Waals surface area contributed by atoms with Crippen molar-refractivity contribution >= 4 is 72.5 Å². The van der Waals surface area contributed by atoms with Crippen LogP contribution in [-0.4, -0.2) is 6.71 Å². The van der Waals surface area contributed by atoms with Crippen molar-refractivity contribution in [2.45, 2.75) is 20.8 Å². The Balaban J connectivity index is 1.08. The molecule has 0 radical (unpaired) electrons. The smallest absolute Gasteiger partial charge is 0.242 e. The number of aryl methyl sites for hydroxylation is 3. The number of para-hydroxylation sites is 1. The molecule has 0 aromatic heterocycles. The number of ether oxygens (including phenoxy) is 1. The molecule has 2 nitrogen and oxygen atoms in total. The molecule has 284 valence electrons. The van der Waals surface area contributed by atoms with Crippen LogP contribution in [0.25, 0.3) is 54.6 Å². The summed E-state index contributed by atoms with van der Waals surface area (Å²) in [5.41, 5.74) is 15.7. The van der Waals surface area contributed by atoms with Crippen LogP contribution < -0.4 is 26.0 Å². The fourth-order valence-corrected chi connectivity index (χ4v) is 9.92. The Labute approximate surface area is 352 Å². The molecule has 10 aromatic rings. The highest BCUT2D eigenvalue weighted by molar-refractivity contribution is 6.97. The molecular formula is C57H42BNO. The van der Waals surface area contributed by atoms with Crippen LogP contribution in [0.4, 0.5) is 17.1 Å². The third kappa shape index (κ3) is 5.97. The van der Waals surface area contributed by atoms with Crippen LogP contribution in [0.2, 0.25) is 0 Å². The highest BCUT2D eigenvalue weighted by Gasteiger charge is 2.30. The lowest BCUT2D eigenvalue weighted by atomic mass is 9.35. The molecule has 0 unspecified atom stereocenters. The summed E-state index contributed by atoms with van der Waals surface area (Å²) >= 11 is 0. The maximum atomic E-state index is 7.03. The average Bonchev–Trinajstić information content (AvgIpc) is 3.28. The number of fused-ring (bicyclic) bond motifs is 5. The minimum atomic E-state index is 0.0676. The van der Waals surface area contributed by atoms with Gasteiger partial charge < -0.3 is 9.64 Å². The largest absolute Gasteiger partial charge is 0.456 e. The van der Waals surface area contributed by atoms with E-state index < -0.39 is 0 Å². The van der Waals surface area contributed by atoms with E-state index in [0.29, 0.717) is 0 Å². The fourth-order valence-electron chi connectivity index (χ4n) is 9.92. The second-order valence-corrected chi connectivity index (χ2v) is 16.2. The molecule has 1 aliphatic heterocycles. The van der Waals surface area contributed by atoms with E-state index in [2.05, 4.69) is 226 Å². The molecule has 0 fully saturated rings. The summed E-state index contributed by atoms with van der Waals surface area (Å²) < 4.78 is 7.03. The second kappa shape index (κ2) is 14.5. The Kier molecular flexibility index (Phi) is 8.64. The topological polar surface area (TPSA) is 12.5 Å². The molecular weight excluding hydrogens is 725 g/mol. The summed E-state index contributed by atoms with van der Waals surface area (Å²) in [5.74, 6) is 1.73. The van der Waals surface area contributed by atoms with Crippen LogP contribution in [0, 0.1) is 20.8 Å². The van der Waals surface area contributed by atoms with E-state index in [1.54, 1.807) is 0 Å². The van der Waals surface area contributed by atoms with Gasteiger partial charge in [-0.15, -0.1) is 0 Å². The maximum absolute atomic E-state index is 7.03. The SMILES string of the molecule is Cc1cc(C)c(B(c2ccccc2)c2ccc3c4c(cccc24)Oc2cc(N(c4ccc5c(ccc6ccccc65)c4)c4ccccc4-c4ccccc4)ccc2-3)c(C)c1. The van der Waals surface area contributed by atoms with E-state index >= 15 is 0 Å². The first kappa shape index (κ1) is 35.8. The van der Waals surface area contributed by atoms with Crippen molar-refractivity contribution in [3.8, 4) is 33.8 Å². The molecule has 3 heteroatoms. The monoisotopic (exact) mass is 767 g/mol. The molecule has 10 aromatic carbocycles. The number of anilines is 3. The molecule has 0 aliphatic carbocycles. The van der Waals surface area contributed by atoms with E-state index in [0.717, 1.165) is 45.1 Å². The zero-order valence-corrected chi connectivity index (χ0v) is 34.0. The van der Waals surface area contributed by atoms with Gasteiger partial charge in [0, 0.05) is 34.0 Å². The van der Waals surface area contributed by atoms with E-state index in [-0.39, 0.29) is 6.71 Å². The molecule has 0 atom stereocenters. The number of hydrogen-bond donors (Lipinski definition) is 0. The summed E-state index contributed by atoms with van der Waals surface area (Å²) in [4.78, 5) is 2.39. The Morgan fingerprint density at radius 3 is 1.92 bits per heavy atom. The average molecular weight is 768 g/mol. The summed E-state index contributed by atoms with van der Waals surface area (Å²) in [7, 11) is 0. The molecule has 1 heterocycles. The van der Waals surface area contributed by atoms with Crippen LogP contribution in [-0.2, 0) is 0 Å². The van der Waals surface area contributed by atoms with Crippen molar-refractivity contribution in [1.82, 2.24) is 0 Å². The molecule has 0 saturated heterocycles. The predicted octanol–water partition coefficient (Wildman–Crippen LogP) is 13.5. The summed E-state index contributed by atoms with van der Waals surface area (Å²) in [5, 5.41) is 7.32. The molecule has 60 heavy (non-hydrogen) atoms. The Morgan fingerprint density at radius 2 is 1.08 bits per heavy atom. The first-order valence-corrected chi connectivity index (χ1v) is 20.9. The predicted molar refractivity (Wildman–Crippen MR) is 256 cm³/mol. The van der Waals surface area contributed by atoms with Gasteiger partial charge in [-0.05, 0) is 95.2 Å². The number of rotatable bonds is 7. The molecule has 11 rings (SSSR count). The Morgan fingerprint density at radius 1 is 0.433 bits per heavy atom. The lowest BCUT2D eigenvalue weighted by Gasteiger charge is -2.30. The zero-order valence-electron chi connectivity index (χ0n) is 34.0. The molecule has 1 aliphatic rings. The van der Waals surface area contributed by atoms with E-state index in [9.17, 15) is 0 Å². The Hall–Kier alpha value is -7.36. The standard InChI is InChI=1S/C57H42BNO/c1-37-33-38(2)57(39(3)34-37)58(43-18-8-5-9-19-43)52-32-31-50-49-30-28-45(36-55(49)60-54-24-14-22-51(52)56(50)54)59(53-23-13-12-21-48(53)40-15-6-4-7-16-40)44-27-29-47-42(35-44)26-25-41-17-10-11-20-46(41)47/h4-36H,1-3H3. The van der Waals surface area contributed by atoms with Gasteiger partial charge in [0.25, 0.3) is 0 Å². The highest BCUT2D eigenvalue weighted by atomic mass is 16.5. The molecule has 0 N–H and O–H groups in total. The first-order chi connectivity index (χ1) is 29.5. The molecule has 0 amide bonds. The van der Waals surface area contributed by atoms with Gasteiger partial charge in [0.1, 0.15) is 11.5 Å². The van der Waals surface area contributed by atoms with E-state index in [1.165, 1.54) is 71.1 Å². The minimum Gasteiger partial charge on any atom is -0.456 e. The van der Waals surface area contributed by atoms with Gasteiger partial charge >= 0.3 is 0 Å². The van der Waals surface area contributed by atoms with Crippen LogP contribution in [0.3, 0.4) is 0 Å². The summed E-state index contributed by atoms with van der Waals surface area (Å²) in [6, 6.07) is 72.9. The van der Waals surface area contributed by atoms with Gasteiger partial charge in [-0.3, -0.25) is 0 Å². The van der Waals surface area contributed by atoms with Gasteiger partial charge in [-0.1, -0.05) is 191 Å². The number of hydrogen-bond acceptors (Lipinski definition) is 2. The van der Waals surface area contributed by atoms with Gasteiger partial charge in [-0.2, -0.15) is 0 Å². The van der Waals surface area contributed by atoms with E-state index in [4.69, 9.17) is 4.74 Å². The number of nitrogens with zero attached hydrogens (tertiary/aromatic N) is 1. The third-order valence-corrected chi connectivity index (χ3v) is 12.5. The van der Waals surface area contributed by atoms with E-state index in [1.807, 2.05) is 0 Å². The normalized spacial score (nSPS) is 11.7. The third-order valence-electron chi connectivity index (χ3n) is 12.5. The van der Waals surface area contributed by atoms with Crippen LogP contribution in [0.5, 0.6) is 11.5 Å². The highest BCUT2D eigenvalue weighted by Crippen LogP contribution is 2.50. The van der Waals surface area contributed by atoms with Gasteiger partial charge in [0.05, 0.1) is 5.69 Å². The number of benzene rings is 10. The van der Waals surface area contributed by atoms with Gasteiger partial charge in [0.15, 0.2) is 0 Å². The minimum absolute atomic E-state index is 0.0676. The molecule has 0 bridgehead atoms. The van der Waals surface area contributed by atoms with Crippen molar-refractivity contribution in [3.63, 3.8) is 0 Å². The van der Waals surface area contributed by atoms with Crippen molar-refractivity contribution in [3.05, 3.63) is 217 Å². The lowest BCUT2D eigenvalue weighted by molar-refractivity contribution is 0.487. The summed E-state index contributed by atoms with van der Waals surface area (Å²) in [6.45, 7) is 6.77. The molecule has 0 spiro atoms. The van der Waals surface area contributed by atoms with Crippen molar-refractivity contribution in [2.75, 3.05) is 4.90 Å². The van der Waals surface area contributed by atoms with Gasteiger partial charge in [-0.25, -0.2) is 0 Å². The van der Waals surface area contributed by atoms with Crippen molar-refractivity contribution in [1.29, 1.82) is 0 Å². The van der Waals surface area contributed by atoms with Crippen molar-refractivity contribution < 1.29 is 4.74 Å². The van der Waals surface area contributed by atoms with Crippen LogP contribution in [0.1, 0.15) is 16.7 Å². The fraction of sp³-hybridized carbons (Fsp3) is 0.0526. The first-order valence-electron chi connectivity index (χ1n) is 20.9. The van der Waals surface area contributed by atoms with Crippen LogP contribution in [0.15, 0.2) is 200 Å². The zero-order chi connectivity index (χ0) is 40.3. The Bertz CT molecular complexity index is 3260. The second-order valence-electron chi connectivity index (χ2n) is 16.2. The maximum Gasteiger partial charge on any atom is 0.242 e. The van der Waals surface area contributed by atoms with Gasteiger partial charge in [0.2, 0.25) is 6.71 Å². The van der Waals surface area contributed by atoms with Crippen LogP contribution >= 0.6 is 0 Å². The lowest BCUT2D eigenvalue weighted by Crippen LogP contribution is -2.54. The summed E-state index contributed by atoms with van der Waals surface area (Å²) in [6.07, 6.45) is 0. The molecule has 0 saturated carbocycles. The van der Waals surface area contributed by atoms with Crippen molar-refractivity contribution in [2.24, 2.45) is 0 Å². The quantitative estimate of drug-likeness (QED) is 0.118.